The van der Waals surface area contributed by atoms with Crippen molar-refractivity contribution in [2.45, 2.75) is 116 Å². The minimum Gasteiger partial charge on any atom is -0.501 e. The molecule has 1 aliphatic rings. The van der Waals surface area contributed by atoms with Gasteiger partial charge < -0.3 is 34.6 Å². The molecule has 250 valence electrons. The molecule has 0 aliphatic carbocycles. The average molecular weight is 649 g/mol. The van der Waals surface area contributed by atoms with E-state index in [4.69, 9.17) is 9.16 Å². The number of hydrogen-bond donors (Lipinski definition) is 4. The molecule has 1 saturated heterocycles. The average Bonchev–Trinajstić information content (AvgIpc) is 2.94. The van der Waals surface area contributed by atoms with Gasteiger partial charge in [0.15, 0.2) is 14.0 Å². The molecule has 0 bridgehead atoms. The maximum atomic E-state index is 13.3. The number of rotatable bonds is 10. The molecule has 3 rings (SSSR count). The maximum absolute atomic E-state index is 13.3. The van der Waals surface area contributed by atoms with Gasteiger partial charge in [-0.1, -0.05) is 39.8 Å². The molecular weight excluding hydrogens is 599 g/mol. The number of nitrogens with one attached hydrogen (secondary N) is 2. The summed E-state index contributed by atoms with van der Waals surface area (Å²) < 4.78 is 26.5. The highest BCUT2D eigenvalue weighted by molar-refractivity contribution is 6.74. The number of halogens is 1. The highest BCUT2D eigenvalue weighted by Gasteiger charge is 2.48. The van der Waals surface area contributed by atoms with Gasteiger partial charge in [0.25, 0.3) is 11.5 Å². The lowest BCUT2D eigenvalue weighted by atomic mass is 9.77. The van der Waals surface area contributed by atoms with E-state index in [1.165, 1.54) is 29.2 Å². The summed E-state index contributed by atoms with van der Waals surface area (Å²) in [7, 11) is -2.12. The number of carboxylic acid groups (broad SMARTS) is 1. The molecule has 1 aromatic carbocycles. The Kier molecular flexibility index (Phi) is 10.9. The van der Waals surface area contributed by atoms with Gasteiger partial charge in [0.05, 0.1) is 24.2 Å². The van der Waals surface area contributed by atoms with Gasteiger partial charge in [-0.05, 0) is 75.9 Å². The van der Waals surface area contributed by atoms with Crippen molar-refractivity contribution in [3.8, 4) is 5.75 Å². The molecule has 45 heavy (non-hydrogen) atoms. The fourth-order valence-corrected chi connectivity index (χ4v) is 6.57. The number of carbonyl (C=O) groups excluding carboxylic acids is 1. The molecular formula is C32H49FN4O7Si. The Bertz CT molecular complexity index is 1410. The molecule has 1 aromatic heterocycles. The fraction of sp³-hybridized carbons (Fsp3) is 0.625. The lowest BCUT2D eigenvalue weighted by Crippen LogP contribution is -2.57. The minimum atomic E-state index is -2.12. The van der Waals surface area contributed by atoms with Crippen LogP contribution in [-0.4, -0.2) is 76.3 Å². The second kappa shape index (κ2) is 13.6. The predicted molar refractivity (Wildman–Crippen MR) is 172 cm³/mol. The van der Waals surface area contributed by atoms with Crippen molar-refractivity contribution < 1.29 is 33.4 Å². The molecule has 1 fully saturated rings. The van der Waals surface area contributed by atoms with E-state index in [1.807, 2.05) is 6.92 Å². The SMILES string of the molecule is CCC(O[Si](C)(C)C(C)(C)C)C1CCC(CN(C(=O)O)C(C)(C)C)(c2nc(C(=O)NCc3ccc(F)cc3)c(O)c(=O)[nH]2)CO1. The van der Waals surface area contributed by atoms with E-state index >= 15 is 0 Å². The van der Waals surface area contributed by atoms with Gasteiger partial charge in [-0.15, -0.1) is 0 Å². The van der Waals surface area contributed by atoms with E-state index in [9.17, 15) is 29.0 Å². The van der Waals surface area contributed by atoms with Crippen LogP contribution in [-0.2, 0) is 21.1 Å². The predicted octanol–water partition coefficient (Wildman–Crippen LogP) is 5.54. The number of carbonyl (C=O) groups is 2. The van der Waals surface area contributed by atoms with Crippen molar-refractivity contribution in [2.75, 3.05) is 13.2 Å². The third-order valence-electron chi connectivity index (χ3n) is 9.03. The number of aromatic hydroxyl groups is 1. The maximum Gasteiger partial charge on any atom is 0.407 e. The first-order valence-corrected chi connectivity index (χ1v) is 18.3. The van der Waals surface area contributed by atoms with E-state index in [0.717, 1.165) is 6.42 Å². The Balaban J connectivity index is 1.99. The van der Waals surface area contributed by atoms with Crippen LogP contribution in [0, 0.1) is 5.82 Å². The standard InChI is InChI=1S/C32H49FN4O7Si/c1-10-22(44-45(8,9)31(5,6)7)23-15-16-32(19-43-23,18-37(29(41)42)30(2,3)4)28-35-24(25(38)27(40)36-28)26(39)34-17-20-11-13-21(33)14-12-20/h11-14,22-23,38H,10,15-19H2,1-9H3,(H,34,39)(H,41,42)(H,35,36,40). The van der Waals surface area contributed by atoms with E-state index in [1.54, 1.807) is 20.8 Å². The van der Waals surface area contributed by atoms with Gasteiger partial charge in [-0.25, -0.2) is 14.2 Å². The van der Waals surface area contributed by atoms with Crippen LogP contribution >= 0.6 is 0 Å². The zero-order valence-electron chi connectivity index (χ0n) is 27.9. The van der Waals surface area contributed by atoms with Crippen LogP contribution in [0.1, 0.15) is 89.6 Å². The van der Waals surface area contributed by atoms with E-state index in [2.05, 4.69) is 49.1 Å². The van der Waals surface area contributed by atoms with Crippen molar-refractivity contribution in [1.82, 2.24) is 20.2 Å². The van der Waals surface area contributed by atoms with Gasteiger partial charge >= 0.3 is 6.09 Å². The first-order chi connectivity index (χ1) is 20.7. The van der Waals surface area contributed by atoms with Crippen LogP contribution < -0.4 is 10.9 Å². The summed E-state index contributed by atoms with van der Waals surface area (Å²) in [6.07, 6.45) is -0.0231. The Labute approximate surface area is 265 Å². The normalized spacial score (nSPS) is 20.0. The smallest absolute Gasteiger partial charge is 0.407 e. The number of aromatic nitrogens is 2. The molecule has 2 amide bonds. The molecule has 3 unspecified atom stereocenters. The van der Waals surface area contributed by atoms with E-state index < -0.39 is 54.1 Å². The Morgan fingerprint density at radius 2 is 1.84 bits per heavy atom. The topological polar surface area (TPSA) is 154 Å². The van der Waals surface area contributed by atoms with Crippen molar-refractivity contribution in [3.05, 3.63) is 57.5 Å². The lowest BCUT2D eigenvalue weighted by Gasteiger charge is -2.47. The number of benzene rings is 1. The second-order valence-electron chi connectivity index (χ2n) is 14.5. The van der Waals surface area contributed by atoms with Crippen LogP contribution in [0.15, 0.2) is 29.1 Å². The lowest BCUT2D eigenvalue weighted by molar-refractivity contribution is -0.0952. The Morgan fingerprint density at radius 1 is 1.22 bits per heavy atom. The summed E-state index contributed by atoms with van der Waals surface area (Å²) in [6, 6.07) is 5.52. The molecule has 3 atom stereocenters. The quantitative estimate of drug-likeness (QED) is 0.245. The zero-order valence-corrected chi connectivity index (χ0v) is 28.9. The summed E-state index contributed by atoms with van der Waals surface area (Å²) in [4.78, 5) is 46.9. The van der Waals surface area contributed by atoms with Crippen LogP contribution in [0.4, 0.5) is 9.18 Å². The summed E-state index contributed by atoms with van der Waals surface area (Å²) in [5.41, 5.74) is -2.78. The van der Waals surface area contributed by atoms with E-state index in [-0.39, 0.29) is 42.8 Å². The number of amides is 2. The van der Waals surface area contributed by atoms with Crippen LogP contribution in [0.3, 0.4) is 0 Å². The van der Waals surface area contributed by atoms with Crippen molar-refractivity contribution in [2.24, 2.45) is 0 Å². The molecule has 0 spiro atoms. The number of aromatic amines is 1. The first-order valence-electron chi connectivity index (χ1n) is 15.4. The second-order valence-corrected chi connectivity index (χ2v) is 19.2. The molecule has 13 heteroatoms. The molecule has 0 radical (unpaired) electrons. The molecule has 4 N–H and O–H groups in total. The minimum absolute atomic E-state index is 0.000752. The van der Waals surface area contributed by atoms with Gasteiger partial charge in [0.2, 0.25) is 5.75 Å². The highest BCUT2D eigenvalue weighted by Crippen LogP contribution is 2.41. The van der Waals surface area contributed by atoms with Gasteiger partial charge in [0.1, 0.15) is 11.6 Å². The van der Waals surface area contributed by atoms with Gasteiger partial charge in [-0.3, -0.25) is 9.59 Å². The Morgan fingerprint density at radius 3 is 2.33 bits per heavy atom. The third kappa shape index (κ3) is 8.50. The summed E-state index contributed by atoms with van der Waals surface area (Å²) in [5, 5.41) is 23.3. The number of ether oxygens (including phenoxy) is 1. The summed E-state index contributed by atoms with van der Waals surface area (Å²) in [5.74, 6) is -2.05. The summed E-state index contributed by atoms with van der Waals surface area (Å²) >= 11 is 0. The number of nitrogens with zero attached hydrogens (tertiary/aromatic N) is 2. The van der Waals surface area contributed by atoms with E-state index in [0.29, 0.717) is 18.4 Å². The molecule has 11 nitrogen and oxygen atoms in total. The first kappa shape index (κ1) is 36.2. The molecule has 1 aliphatic heterocycles. The molecule has 2 aromatic rings. The summed E-state index contributed by atoms with van der Waals surface area (Å²) in [6.45, 7) is 18.2. The zero-order chi connectivity index (χ0) is 34.0. The largest absolute Gasteiger partial charge is 0.501 e. The molecule has 2 heterocycles. The van der Waals surface area contributed by atoms with Crippen molar-refractivity contribution >= 4 is 20.3 Å². The van der Waals surface area contributed by atoms with Crippen molar-refractivity contribution in [1.29, 1.82) is 0 Å². The van der Waals surface area contributed by atoms with Crippen LogP contribution in [0.2, 0.25) is 18.1 Å². The van der Waals surface area contributed by atoms with Crippen LogP contribution in [0.5, 0.6) is 5.75 Å². The van der Waals surface area contributed by atoms with Gasteiger partial charge in [0, 0.05) is 18.6 Å². The number of H-pyrrole nitrogens is 1. The highest BCUT2D eigenvalue weighted by atomic mass is 28.4. The van der Waals surface area contributed by atoms with Crippen molar-refractivity contribution in [3.63, 3.8) is 0 Å². The number of hydrogen-bond acceptors (Lipinski definition) is 7. The fourth-order valence-electron chi connectivity index (χ4n) is 5.14. The van der Waals surface area contributed by atoms with Crippen LogP contribution in [0.25, 0.3) is 0 Å². The van der Waals surface area contributed by atoms with Gasteiger partial charge in [-0.2, -0.15) is 0 Å². The monoisotopic (exact) mass is 648 g/mol. The third-order valence-corrected chi connectivity index (χ3v) is 13.5. The molecule has 0 saturated carbocycles. The Hall–Kier alpha value is -3.29.